The van der Waals surface area contributed by atoms with Gasteiger partial charge in [-0.2, -0.15) is 0 Å². The zero-order valence-corrected chi connectivity index (χ0v) is 13.9. The number of rotatable bonds is 7. The quantitative estimate of drug-likeness (QED) is 0.818. The van der Waals surface area contributed by atoms with Gasteiger partial charge in [-0.3, -0.25) is 9.80 Å². The van der Waals surface area contributed by atoms with E-state index < -0.39 is 0 Å². The van der Waals surface area contributed by atoms with Crippen molar-refractivity contribution in [3.8, 4) is 0 Å². The van der Waals surface area contributed by atoms with Crippen LogP contribution in [0.25, 0.3) is 0 Å². The Balaban J connectivity index is 0.00000220. The molecule has 0 saturated carbocycles. The third-order valence-corrected chi connectivity index (χ3v) is 4.00. The van der Waals surface area contributed by atoms with Crippen LogP contribution in [0.2, 0.25) is 0 Å². The lowest BCUT2D eigenvalue weighted by Gasteiger charge is -2.35. The Bertz CT molecular complexity index is 366. The first-order chi connectivity index (χ1) is 9.78. The van der Waals surface area contributed by atoms with Crippen LogP contribution in [0.1, 0.15) is 5.56 Å². The van der Waals surface area contributed by atoms with E-state index in [4.69, 9.17) is 5.73 Å². The van der Waals surface area contributed by atoms with Crippen molar-refractivity contribution in [3.05, 3.63) is 35.9 Å². The van der Waals surface area contributed by atoms with Crippen molar-refractivity contribution in [1.29, 1.82) is 0 Å². The number of likely N-dealkylation sites (N-methyl/N-ethyl adjacent to an activating group) is 1. The summed E-state index contributed by atoms with van der Waals surface area (Å²) in [5.41, 5.74) is 7.00. The fourth-order valence-electron chi connectivity index (χ4n) is 2.71. The van der Waals surface area contributed by atoms with E-state index in [9.17, 15) is 0 Å². The van der Waals surface area contributed by atoms with Gasteiger partial charge in [0.2, 0.25) is 0 Å². The van der Waals surface area contributed by atoms with E-state index in [2.05, 4.69) is 52.1 Å². The van der Waals surface area contributed by atoms with Crippen LogP contribution in [0.4, 0.5) is 0 Å². The third-order valence-electron chi connectivity index (χ3n) is 4.00. The monoisotopic (exact) mass is 312 g/mol. The normalized spacial score (nSPS) is 16.9. The maximum atomic E-state index is 5.60. The summed E-state index contributed by atoms with van der Waals surface area (Å²) in [5, 5.41) is 0. The maximum Gasteiger partial charge on any atom is 0.0231 e. The number of hydrogen-bond acceptors (Lipinski definition) is 4. The molecule has 1 aliphatic rings. The van der Waals surface area contributed by atoms with E-state index >= 15 is 0 Å². The van der Waals surface area contributed by atoms with E-state index in [0.717, 1.165) is 26.2 Å². The second-order valence-electron chi connectivity index (χ2n) is 5.70. The number of halogens is 1. The lowest BCUT2D eigenvalue weighted by atomic mass is 10.2. The highest BCUT2D eigenvalue weighted by molar-refractivity contribution is 5.85. The molecule has 1 fully saturated rings. The van der Waals surface area contributed by atoms with E-state index in [1.54, 1.807) is 0 Å². The summed E-state index contributed by atoms with van der Waals surface area (Å²) in [5.74, 6) is 0. The molecule has 4 nitrogen and oxygen atoms in total. The molecule has 1 aromatic rings. The van der Waals surface area contributed by atoms with Crippen molar-refractivity contribution in [3.63, 3.8) is 0 Å². The standard InChI is InChI=1S/C16H28N4.ClH/c1-18(15-16-5-3-2-4-6-16)9-10-20-13-11-19(8-7-17)12-14-20;/h2-6H,7-15,17H2,1H3;1H. The third kappa shape index (κ3) is 6.76. The fraction of sp³-hybridized carbons (Fsp3) is 0.625. The molecule has 0 bridgehead atoms. The Labute approximate surface area is 135 Å². The number of nitrogens with zero attached hydrogens (tertiary/aromatic N) is 3. The van der Waals surface area contributed by atoms with Crippen LogP contribution in [0, 0.1) is 0 Å². The molecule has 2 rings (SSSR count). The minimum atomic E-state index is 0. The minimum absolute atomic E-state index is 0. The first-order valence-electron chi connectivity index (χ1n) is 7.65. The summed E-state index contributed by atoms with van der Waals surface area (Å²) in [4.78, 5) is 7.43. The van der Waals surface area contributed by atoms with E-state index in [-0.39, 0.29) is 12.4 Å². The van der Waals surface area contributed by atoms with Gasteiger partial charge in [-0.05, 0) is 12.6 Å². The van der Waals surface area contributed by atoms with Crippen LogP contribution in [0.5, 0.6) is 0 Å². The number of benzene rings is 1. The van der Waals surface area contributed by atoms with Gasteiger partial charge in [0.15, 0.2) is 0 Å². The van der Waals surface area contributed by atoms with Crippen LogP contribution in [0.15, 0.2) is 30.3 Å². The largest absolute Gasteiger partial charge is 0.329 e. The molecule has 1 saturated heterocycles. The average Bonchev–Trinajstić information content (AvgIpc) is 2.48. The second kappa shape index (κ2) is 10.1. The van der Waals surface area contributed by atoms with Gasteiger partial charge in [-0.1, -0.05) is 30.3 Å². The molecule has 120 valence electrons. The van der Waals surface area contributed by atoms with Crippen molar-refractivity contribution in [2.45, 2.75) is 6.54 Å². The number of nitrogens with two attached hydrogens (primary N) is 1. The van der Waals surface area contributed by atoms with Crippen molar-refractivity contribution >= 4 is 12.4 Å². The maximum absolute atomic E-state index is 5.60. The molecule has 1 heterocycles. The molecule has 0 spiro atoms. The smallest absolute Gasteiger partial charge is 0.0231 e. The van der Waals surface area contributed by atoms with Crippen molar-refractivity contribution in [2.24, 2.45) is 5.73 Å². The van der Waals surface area contributed by atoms with Gasteiger partial charge in [-0.15, -0.1) is 12.4 Å². The summed E-state index contributed by atoms with van der Waals surface area (Å²) in [6, 6.07) is 10.7. The molecule has 0 amide bonds. The summed E-state index contributed by atoms with van der Waals surface area (Å²) in [6.07, 6.45) is 0. The predicted octanol–water partition coefficient (Wildman–Crippen LogP) is 1.12. The van der Waals surface area contributed by atoms with Crippen LogP contribution in [-0.4, -0.2) is 74.1 Å². The second-order valence-corrected chi connectivity index (χ2v) is 5.70. The van der Waals surface area contributed by atoms with Gasteiger partial charge in [0.1, 0.15) is 0 Å². The topological polar surface area (TPSA) is 35.7 Å². The van der Waals surface area contributed by atoms with Gasteiger partial charge in [0, 0.05) is 58.9 Å². The Kier molecular flexibility index (Phi) is 8.88. The predicted molar refractivity (Wildman–Crippen MR) is 92.0 cm³/mol. The molecule has 5 heteroatoms. The molecular weight excluding hydrogens is 284 g/mol. The highest BCUT2D eigenvalue weighted by Gasteiger charge is 2.15. The molecule has 0 unspecified atom stereocenters. The Morgan fingerprint density at radius 3 is 2.14 bits per heavy atom. The van der Waals surface area contributed by atoms with Gasteiger partial charge >= 0.3 is 0 Å². The molecule has 1 aliphatic heterocycles. The Hall–Kier alpha value is -0.650. The molecule has 2 N–H and O–H groups in total. The summed E-state index contributed by atoms with van der Waals surface area (Å²) in [6.45, 7) is 9.85. The Morgan fingerprint density at radius 1 is 1.00 bits per heavy atom. The lowest BCUT2D eigenvalue weighted by Crippen LogP contribution is -2.49. The van der Waals surface area contributed by atoms with Gasteiger partial charge < -0.3 is 10.6 Å². The fourth-order valence-corrected chi connectivity index (χ4v) is 2.71. The van der Waals surface area contributed by atoms with Crippen LogP contribution in [0.3, 0.4) is 0 Å². The first kappa shape index (κ1) is 18.4. The van der Waals surface area contributed by atoms with Crippen LogP contribution in [-0.2, 0) is 6.54 Å². The molecule has 1 aromatic carbocycles. The molecule has 21 heavy (non-hydrogen) atoms. The summed E-state index contributed by atoms with van der Waals surface area (Å²) >= 11 is 0. The van der Waals surface area contributed by atoms with Crippen LogP contribution < -0.4 is 5.73 Å². The zero-order chi connectivity index (χ0) is 14.2. The minimum Gasteiger partial charge on any atom is -0.329 e. The van der Waals surface area contributed by atoms with Gasteiger partial charge in [0.05, 0.1) is 0 Å². The van der Waals surface area contributed by atoms with Crippen molar-refractivity contribution in [2.75, 3.05) is 59.4 Å². The zero-order valence-electron chi connectivity index (χ0n) is 13.1. The van der Waals surface area contributed by atoms with Gasteiger partial charge in [0.25, 0.3) is 0 Å². The van der Waals surface area contributed by atoms with Gasteiger partial charge in [-0.25, -0.2) is 0 Å². The number of hydrogen-bond donors (Lipinski definition) is 1. The summed E-state index contributed by atoms with van der Waals surface area (Å²) in [7, 11) is 2.21. The molecule has 0 aromatic heterocycles. The van der Waals surface area contributed by atoms with Crippen LogP contribution >= 0.6 is 12.4 Å². The molecular formula is C16H29ClN4. The number of piperazine rings is 1. The SMILES string of the molecule is CN(CCN1CCN(CCN)CC1)Cc1ccccc1.Cl. The summed E-state index contributed by atoms with van der Waals surface area (Å²) < 4.78 is 0. The first-order valence-corrected chi connectivity index (χ1v) is 7.65. The van der Waals surface area contributed by atoms with E-state index in [1.807, 2.05) is 0 Å². The highest BCUT2D eigenvalue weighted by atomic mass is 35.5. The van der Waals surface area contributed by atoms with E-state index in [0.29, 0.717) is 0 Å². The van der Waals surface area contributed by atoms with E-state index in [1.165, 1.54) is 38.3 Å². The molecule has 0 radical (unpaired) electrons. The lowest BCUT2D eigenvalue weighted by molar-refractivity contribution is 0.124. The van der Waals surface area contributed by atoms with Crippen molar-refractivity contribution in [1.82, 2.24) is 14.7 Å². The Morgan fingerprint density at radius 2 is 1.57 bits per heavy atom. The molecule has 0 atom stereocenters. The highest BCUT2D eigenvalue weighted by Crippen LogP contribution is 2.04. The average molecular weight is 313 g/mol. The molecule has 0 aliphatic carbocycles. The van der Waals surface area contributed by atoms with Crippen molar-refractivity contribution < 1.29 is 0 Å².